The quantitative estimate of drug-likeness (QED) is 0.103. The molecule has 0 radical (unpaired) electrons. The number of hydrogen-bond acceptors (Lipinski definition) is 6. The third-order valence-corrected chi connectivity index (χ3v) is 10.3. The summed E-state index contributed by atoms with van der Waals surface area (Å²) in [7, 11) is -5.43. The van der Waals surface area contributed by atoms with Crippen LogP contribution in [0.15, 0.2) is 54.0 Å². The van der Waals surface area contributed by atoms with Gasteiger partial charge in [-0.3, -0.25) is 15.0 Å². The molecule has 39 heavy (non-hydrogen) atoms. The molecule has 15 heteroatoms. The van der Waals surface area contributed by atoms with Crippen molar-refractivity contribution in [1.82, 2.24) is 20.6 Å². The first-order valence-corrected chi connectivity index (χ1v) is 15.3. The Morgan fingerprint density at radius 2 is 1.85 bits per heavy atom. The topological polar surface area (TPSA) is 129 Å². The van der Waals surface area contributed by atoms with Crippen LogP contribution in [0, 0.1) is 0 Å². The molecule has 1 unspecified atom stereocenters. The van der Waals surface area contributed by atoms with Gasteiger partial charge in [0.25, 0.3) is 5.91 Å². The molecule has 2 amide bonds. The van der Waals surface area contributed by atoms with Crippen LogP contribution in [0.3, 0.4) is 0 Å². The number of anilines is 1. The first-order chi connectivity index (χ1) is 18.4. The van der Waals surface area contributed by atoms with E-state index in [9.17, 15) is 31.2 Å². The molecule has 0 bridgehead atoms. The standard InChI is InChI=1S/C24H25ClF3N5O4S2/c1-2-16-7-9-17(10-8-16)23(35)31-15-19-5-4-12-38(19)39(36,37)33-32-21(34)6-3-11-29-22-20(25)13-18(14-30-22)24(26,27)28/h4-5,7-10,12-14,33H,2-3,6,11,15H2,1H3,(H2-,29,30,31,32,34,35)/p+1. The first-order valence-electron chi connectivity index (χ1n) is 11.7. The van der Waals surface area contributed by atoms with Crippen molar-refractivity contribution in [2.24, 2.45) is 0 Å². The lowest BCUT2D eigenvalue weighted by Gasteiger charge is -2.10. The number of aryl methyl sites for hydroxylation is 1. The third-order valence-electron chi connectivity index (χ3n) is 5.38. The molecule has 1 atom stereocenters. The molecule has 4 N–H and O–H groups in total. The van der Waals surface area contributed by atoms with E-state index in [0.29, 0.717) is 16.6 Å². The number of aromatic nitrogens is 1. The molecule has 0 spiro atoms. The van der Waals surface area contributed by atoms with Crippen LogP contribution >= 0.6 is 21.1 Å². The van der Waals surface area contributed by atoms with Gasteiger partial charge in [-0.1, -0.05) is 35.5 Å². The predicted octanol–water partition coefficient (Wildman–Crippen LogP) is 4.60. The number of hydrazine groups is 1. The van der Waals surface area contributed by atoms with Gasteiger partial charge in [0.2, 0.25) is 5.91 Å². The van der Waals surface area contributed by atoms with Crippen LogP contribution in [0.5, 0.6) is 0 Å². The fourth-order valence-corrected chi connectivity index (χ4v) is 7.31. The van der Waals surface area contributed by atoms with Gasteiger partial charge in [-0.15, -0.1) is 0 Å². The summed E-state index contributed by atoms with van der Waals surface area (Å²) in [6.45, 7) is 2.16. The third kappa shape index (κ3) is 8.65. The minimum atomic E-state index is -4.57. The number of nitrogens with one attached hydrogen (secondary N) is 4. The molecule has 0 aliphatic heterocycles. The van der Waals surface area contributed by atoms with Gasteiger partial charge in [-0.05, 0) is 42.7 Å². The van der Waals surface area contributed by atoms with E-state index in [1.54, 1.807) is 24.3 Å². The average Bonchev–Trinajstić information content (AvgIpc) is 3.38. The SMILES string of the molecule is CCc1ccc(C(=O)NCc2ccc[s+]2S(=O)(=O)NNC(=O)CCCNc2ncc(C(F)(F)F)cc2Cl)cc1. The van der Waals surface area contributed by atoms with E-state index < -0.39 is 36.2 Å². The van der Waals surface area contributed by atoms with E-state index in [-0.39, 0.29) is 42.7 Å². The molecule has 0 aliphatic rings. The Hall–Kier alpha value is -3.20. The number of nitrogens with zero attached hydrogens (tertiary/aromatic N) is 1. The van der Waals surface area contributed by atoms with Gasteiger partial charge in [-0.2, -0.15) is 21.6 Å². The number of alkyl halides is 3. The lowest BCUT2D eigenvalue weighted by atomic mass is 10.1. The van der Waals surface area contributed by atoms with E-state index in [0.717, 1.165) is 18.1 Å². The summed E-state index contributed by atoms with van der Waals surface area (Å²) < 4.78 is 63.6. The number of carbonyl (C=O) groups is 2. The van der Waals surface area contributed by atoms with Crippen LogP contribution in [-0.2, 0) is 33.0 Å². The Balaban J connectivity index is 1.45. The van der Waals surface area contributed by atoms with Crippen molar-refractivity contribution in [3.8, 4) is 0 Å². The van der Waals surface area contributed by atoms with Crippen molar-refractivity contribution in [3.05, 3.63) is 80.6 Å². The number of carbonyl (C=O) groups excluding carboxylic acids is 2. The molecule has 2 heterocycles. The number of benzene rings is 1. The maximum Gasteiger partial charge on any atom is 0.426 e. The minimum absolute atomic E-state index is 0.00550. The molecule has 9 nitrogen and oxygen atoms in total. The van der Waals surface area contributed by atoms with Crippen molar-refractivity contribution in [1.29, 1.82) is 0 Å². The van der Waals surface area contributed by atoms with Gasteiger partial charge < -0.3 is 10.6 Å². The van der Waals surface area contributed by atoms with Gasteiger partial charge in [-0.25, -0.2) is 4.98 Å². The maximum absolute atomic E-state index is 12.7. The molecule has 3 aromatic rings. The predicted molar refractivity (Wildman–Crippen MR) is 143 cm³/mol. The Labute approximate surface area is 230 Å². The first kappa shape index (κ1) is 30.3. The number of amides is 2. The molecular weight excluding hydrogens is 579 g/mol. The number of halogens is 4. The van der Waals surface area contributed by atoms with Gasteiger partial charge in [0.05, 0.1) is 17.1 Å². The second-order valence-electron chi connectivity index (χ2n) is 8.18. The van der Waals surface area contributed by atoms with Crippen LogP contribution in [0.4, 0.5) is 19.0 Å². The number of rotatable bonds is 12. The highest BCUT2D eigenvalue weighted by molar-refractivity contribution is 8.38. The molecule has 1 aromatic carbocycles. The highest BCUT2D eigenvalue weighted by Gasteiger charge is 2.32. The Bertz CT molecular complexity index is 1410. The summed E-state index contributed by atoms with van der Waals surface area (Å²) in [5.41, 5.74) is 2.71. The summed E-state index contributed by atoms with van der Waals surface area (Å²) in [6, 6.07) is 11.0. The van der Waals surface area contributed by atoms with E-state index in [1.165, 1.54) is 5.38 Å². The van der Waals surface area contributed by atoms with Crippen LogP contribution in [-0.4, -0.2) is 31.8 Å². The molecule has 210 valence electrons. The largest absolute Gasteiger partial charge is 0.426 e. The van der Waals surface area contributed by atoms with Gasteiger partial charge in [0.15, 0.2) is 10.3 Å². The minimum Gasteiger partial charge on any atom is -0.369 e. The molecule has 0 saturated heterocycles. The average molecular weight is 605 g/mol. The van der Waals surface area contributed by atoms with E-state index in [4.69, 9.17) is 11.6 Å². The zero-order valence-corrected chi connectivity index (χ0v) is 23.0. The van der Waals surface area contributed by atoms with E-state index in [1.807, 2.05) is 19.1 Å². The van der Waals surface area contributed by atoms with E-state index in [2.05, 4.69) is 25.9 Å². The highest BCUT2D eigenvalue weighted by Crippen LogP contribution is 2.32. The molecule has 0 aliphatic carbocycles. The van der Waals surface area contributed by atoms with Crippen LogP contribution in [0.2, 0.25) is 5.02 Å². The fraction of sp³-hybridized carbons (Fsp3) is 0.292. The molecule has 0 saturated carbocycles. The second-order valence-corrected chi connectivity index (χ2v) is 13.5. The number of pyridine rings is 1. The zero-order valence-electron chi connectivity index (χ0n) is 20.6. The number of hydrogen-bond donors (Lipinski definition) is 4. The molecule has 3 rings (SSSR count). The van der Waals surface area contributed by atoms with Crippen LogP contribution < -0.4 is 20.9 Å². The van der Waals surface area contributed by atoms with Crippen LogP contribution in [0.25, 0.3) is 0 Å². The number of thiophene rings is 1. The van der Waals surface area contributed by atoms with Crippen LogP contribution in [0.1, 0.15) is 46.1 Å². The van der Waals surface area contributed by atoms with Crippen molar-refractivity contribution < 1.29 is 31.2 Å². The zero-order chi connectivity index (χ0) is 28.6. The van der Waals surface area contributed by atoms with Gasteiger partial charge in [0.1, 0.15) is 15.3 Å². The summed E-state index contributed by atoms with van der Waals surface area (Å²) in [6.07, 6.45) is -2.95. The fourth-order valence-electron chi connectivity index (χ4n) is 3.28. The Kier molecular flexibility index (Phi) is 10.3. The van der Waals surface area contributed by atoms with E-state index >= 15 is 0 Å². The summed E-state index contributed by atoms with van der Waals surface area (Å²) in [5, 5.41) is 6.68. The van der Waals surface area contributed by atoms with Gasteiger partial charge >= 0.3 is 15.2 Å². The van der Waals surface area contributed by atoms with Crippen molar-refractivity contribution >= 4 is 47.8 Å². The molecule has 2 aromatic heterocycles. The maximum atomic E-state index is 12.7. The lowest BCUT2D eigenvalue weighted by molar-refractivity contribution is -0.137. The van der Waals surface area contributed by atoms with Gasteiger partial charge in [0, 0.05) is 30.8 Å². The summed E-state index contributed by atoms with van der Waals surface area (Å²) >= 11 is 5.82. The normalized spacial score (nSPS) is 12.2. The molecule has 0 fully saturated rings. The van der Waals surface area contributed by atoms with Crippen molar-refractivity contribution in [2.75, 3.05) is 11.9 Å². The second kappa shape index (κ2) is 13.2. The Morgan fingerprint density at radius 1 is 1.13 bits per heavy atom. The Morgan fingerprint density at radius 3 is 2.49 bits per heavy atom. The summed E-state index contributed by atoms with van der Waals surface area (Å²) in [5.74, 6) is -0.925. The smallest absolute Gasteiger partial charge is 0.369 e. The van der Waals surface area contributed by atoms with Crippen molar-refractivity contribution in [3.63, 3.8) is 0 Å². The lowest BCUT2D eigenvalue weighted by Crippen LogP contribution is -2.40. The monoisotopic (exact) mass is 604 g/mol. The molecular formula is C24H26ClF3N5O4S2+. The highest BCUT2D eigenvalue weighted by atomic mass is 35.5. The summed E-state index contributed by atoms with van der Waals surface area (Å²) in [4.78, 5) is 30.7. The van der Waals surface area contributed by atoms with Crippen molar-refractivity contribution in [2.45, 2.75) is 38.9 Å².